The molecular formula is C12H13N5O4. The molecule has 2 rings (SSSR count). The van der Waals surface area contributed by atoms with Gasteiger partial charge in [-0.2, -0.15) is 9.97 Å². The lowest BCUT2D eigenvalue weighted by Crippen LogP contribution is -2.05. The standard InChI is InChI=1S/C12H13N5O4/c1-3-20-11-14-10(13)15-12(16-11)21-9-6-7(2)4-5-8(9)17(18)19/h4-6H,3H2,1-2H3,(H2,13,14,15,16). The Morgan fingerprint density at radius 1 is 1.29 bits per heavy atom. The van der Waals surface area contributed by atoms with Gasteiger partial charge in [-0.15, -0.1) is 4.98 Å². The minimum absolute atomic E-state index is 0.00435. The second-order valence-corrected chi connectivity index (χ2v) is 4.02. The highest BCUT2D eigenvalue weighted by molar-refractivity contribution is 5.49. The number of hydrogen-bond donors (Lipinski definition) is 1. The van der Waals surface area contributed by atoms with E-state index in [4.69, 9.17) is 15.2 Å². The van der Waals surface area contributed by atoms with Gasteiger partial charge in [-0.3, -0.25) is 10.1 Å². The molecule has 9 heteroatoms. The van der Waals surface area contributed by atoms with Gasteiger partial charge in [-0.05, 0) is 25.5 Å². The Bertz CT molecular complexity index is 677. The van der Waals surface area contributed by atoms with Crippen LogP contribution in [0.1, 0.15) is 12.5 Å². The maximum absolute atomic E-state index is 11.0. The number of anilines is 1. The maximum Gasteiger partial charge on any atom is 0.330 e. The van der Waals surface area contributed by atoms with Crippen LogP contribution in [0, 0.1) is 17.0 Å². The van der Waals surface area contributed by atoms with Gasteiger partial charge in [-0.1, -0.05) is 6.07 Å². The van der Waals surface area contributed by atoms with Gasteiger partial charge in [0.25, 0.3) is 0 Å². The Morgan fingerprint density at radius 3 is 2.67 bits per heavy atom. The Labute approximate surface area is 119 Å². The highest BCUT2D eigenvalue weighted by atomic mass is 16.6. The van der Waals surface area contributed by atoms with Crippen LogP contribution in [0.2, 0.25) is 0 Å². The summed E-state index contributed by atoms with van der Waals surface area (Å²) in [5, 5.41) is 11.0. The Hall–Kier alpha value is -2.97. The molecule has 110 valence electrons. The number of nitro benzene ring substituents is 1. The maximum atomic E-state index is 11.0. The average Bonchev–Trinajstić information content (AvgIpc) is 2.38. The fourth-order valence-corrected chi connectivity index (χ4v) is 1.54. The van der Waals surface area contributed by atoms with Gasteiger partial charge in [0.1, 0.15) is 0 Å². The number of hydrogen-bond acceptors (Lipinski definition) is 8. The van der Waals surface area contributed by atoms with E-state index in [1.165, 1.54) is 12.1 Å². The molecule has 1 heterocycles. The van der Waals surface area contributed by atoms with Gasteiger partial charge >= 0.3 is 17.7 Å². The Morgan fingerprint density at radius 2 is 2.00 bits per heavy atom. The van der Waals surface area contributed by atoms with Crippen LogP contribution in [0.25, 0.3) is 0 Å². The predicted molar refractivity (Wildman–Crippen MR) is 73.3 cm³/mol. The zero-order valence-electron chi connectivity index (χ0n) is 11.4. The smallest absolute Gasteiger partial charge is 0.330 e. The number of ether oxygens (including phenoxy) is 2. The Kier molecular flexibility index (Phi) is 4.12. The molecule has 0 amide bonds. The number of nitrogen functional groups attached to an aromatic ring is 1. The molecular weight excluding hydrogens is 278 g/mol. The molecule has 0 spiro atoms. The second-order valence-electron chi connectivity index (χ2n) is 4.02. The summed E-state index contributed by atoms with van der Waals surface area (Å²) in [6, 6.07) is 4.30. The minimum atomic E-state index is -0.553. The Balaban J connectivity index is 2.37. The number of benzene rings is 1. The molecule has 9 nitrogen and oxygen atoms in total. The van der Waals surface area contributed by atoms with Crippen molar-refractivity contribution in [2.75, 3.05) is 12.3 Å². The summed E-state index contributed by atoms with van der Waals surface area (Å²) in [5.74, 6) is -0.0770. The third kappa shape index (κ3) is 3.53. The molecule has 0 saturated heterocycles. The van der Waals surface area contributed by atoms with Crippen molar-refractivity contribution in [3.8, 4) is 17.8 Å². The first-order valence-electron chi connectivity index (χ1n) is 6.07. The van der Waals surface area contributed by atoms with Crippen molar-refractivity contribution >= 4 is 11.6 Å². The molecule has 0 saturated carbocycles. The second kappa shape index (κ2) is 5.99. The van der Waals surface area contributed by atoms with Crippen molar-refractivity contribution in [3.63, 3.8) is 0 Å². The minimum Gasteiger partial charge on any atom is -0.464 e. The molecule has 1 aromatic carbocycles. The van der Waals surface area contributed by atoms with Crippen molar-refractivity contribution in [1.29, 1.82) is 0 Å². The molecule has 1 aromatic heterocycles. The van der Waals surface area contributed by atoms with E-state index in [-0.39, 0.29) is 29.4 Å². The summed E-state index contributed by atoms with van der Waals surface area (Å²) < 4.78 is 10.5. The average molecular weight is 291 g/mol. The summed E-state index contributed by atoms with van der Waals surface area (Å²) in [6.07, 6.45) is 0. The van der Waals surface area contributed by atoms with Gasteiger partial charge in [-0.25, -0.2) is 0 Å². The van der Waals surface area contributed by atoms with Crippen LogP contribution in [0.5, 0.6) is 17.8 Å². The molecule has 0 aliphatic rings. The molecule has 21 heavy (non-hydrogen) atoms. The van der Waals surface area contributed by atoms with E-state index in [2.05, 4.69) is 15.0 Å². The summed E-state index contributed by atoms with van der Waals surface area (Å²) in [5.41, 5.74) is 6.11. The van der Waals surface area contributed by atoms with Crippen molar-refractivity contribution in [1.82, 2.24) is 15.0 Å². The number of nitro groups is 1. The number of nitrogens with two attached hydrogens (primary N) is 1. The third-order valence-corrected chi connectivity index (χ3v) is 2.40. The zero-order chi connectivity index (χ0) is 15.4. The SMILES string of the molecule is CCOc1nc(N)nc(Oc2cc(C)ccc2[N+](=O)[O-])n1. The van der Waals surface area contributed by atoms with Crippen molar-refractivity contribution in [2.24, 2.45) is 0 Å². The van der Waals surface area contributed by atoms with E-state index in [1.54, 1.807) is 19.9 Å². The summed E-state index contributed by atoms with van der Waals surface area (Å²) in [7, 11) is 0. The van der Waals surface area contributed by atoms with Crippen molar-refractivity contribution < 1.29 is 14.4 Å². The fourth-order valence-electron chi connectivity index (χ4n) is 1.54. The first-order valence-corrected chi connectivity index (χ1v) is 6.07. The summed E-state index contributed by atoms with van der Waals surface area (Å²) in [6.45, 7) is 3.88. The number of aryl methyl sites for hydroxylation is 1. The lowest BCUT2D eigenvalue weighted by Gasteiger charge is -2.07. The quantitative estimate of drug-likeness (QED) is 0.653. The molecule has 0 bridgehead atoms. The first-order chi connectivity index (χ1) is 9.99. The highest BCUT2D eigenvalue weighted by Crippen LogP contribution is 2.31. The van der Waals surface area contributed by atoms with Crippen LogP contribution in [-0.2, 0) is 0 Å². The lowest BCUT2D eigenvalue weighted by atomic mass is 10.2. The molecule has 0 fully saturated rings. The summed E-state index contributed by atoms with van der Waals surface area (Å²) in [4.78, 5) is 21.8. The lowest BCUT2D eigenvalue weighted by molar-refractivity contribution is -0.385. The molecule has 0 unspecified atom stereocenters. The number of rotatable bonds is 5. The van der Waals surface area contributed by atoms with Crippen LogP contribution in [0.4, 0.5) is 11.6 Å². The molecule has 0 radical (unpaired) electrons. The van der Waals surface area contributed by atoms with Crippen LogP contribution < -0.4 is 15.2 Å². The first kappa shape index (κ1) is 14.4. The zero-order valence-corrected chi connectivity index (χ0v) is 11.4. The number of aromatic nitrogens is 3. The highest BCUT2D eigenvalue weighted by Gasteiger charge is 2.17. The number of nitrogens with zero attached hydrogens (tertiary/aromatic N) is 4. The van der Waals surface area contributed by atoms with E-state index in [0.717, 1.165) is 5.56 Å². The van der Waals surface area contributed by atoms with Crippen LogP contribution >= 0.6 is 0 Å². The summed E-state index contributed by atoms with van der Waals surface area (Å²) >= 11 is 0. The van der Waals surface area contributed by atoms with Crippen LogP contribution in [-0.4, -0.2) is 26.5 Å². The van der Waals surface area contributed by atoms with Gasteiger partial charge in [0.2, 0.25) is 11.7 Å². The van der Waals surface area contributed by atoms with Gasteiger partial charge < -0.3 is 15.2 Å². The van der Waals surface area contributed by atoms with Gasteiger partial charge in [0, 0.05) is 6.07 Å². The van der Waals surface area contributed by atoms with E-state index in [9.17, 15) is 10.1 Å². The van der Waals surface area contributed by atoms with Gasteiger partial charge in [0.05, 0.1) is 11.5 Å². The largest absolute Gasteiger partial charge is 0.464 e. The molecule has 0 atom stereocenters. The van der Waals surface area contributed by atoms with Gasteiger partial charge in [0.15, 0.2) is 0 Å². The van der Waals surface area contributed by atoms with E-state index in [1.807, 2.05) is 0 Å². The fraction of sp³-hybridized carbons (Fsp3) is 0.250. The monoisotopic (exact) mass is 291 g/mol. The van der Waals surface area contributed by atoms with E-state index < -0.39 is 4.92 Å². The van der Waals surface area contributed by atoms with Crippen LogP contribution in [0.15, 0.2) is 18.2 Å². The van der Waals surface area contributed by atoms with E-state index in [0.29, 0.717) is 6.61 Å². The van der Waals surface area contributed by atoms with Crippen molar-refractivity contribution in [3.05, 3.63) is 33.9 Å². The third-order valence-electron chi connectivity index (χ3n) is 2.40. The van der Waals surface area contributed by atoms with Crippen molar-refractivity contribution in [2.45, 2.75) is 13.8 Å². The molecule has 2 aromatic rings. The molecule has 0 aliphatic heterocycles. The topological polar surface area (TPSA) is 126 Å². The van der Waals surface area contributed by atoms with Crippen LogP contribution in [0.3, 0.4) is 0 Å². The van der Waals surface area contributed by atoms with E-state index >= 15 is 0 Å². The molecule has 2 N–H and O–H groups in total. The normalized spacial score (nSPS) is 10.2. The molecule has 0 aliphatic carbocycles. The predicted octanol–water partition coefficient (Wildman–Crippen LogP) is 1.86.